The molecule has 12 aromatic carbocycles. The summed E-state index contributed by atoms with van der Waals surface area (Å²) in [5, 5.41) is 2.64. The number of aryl methyl sites for hydroxylation is 5. The van der Waals surface area contributed by atoms with Gasteiger partial charge in [0.2, 0.25) is 0 Å². The van der Waals surface area contributed by atoms with Crippen molar-refractivity contribution in [2.45, 2.75) is 59.3 Å². The van der Waals surface area contributed by atoms with Crippen LogP contribution >= 0.6 is 0 Å². The fourth-order valence-electron chi connectivity index (χ4n) is 12.3. The van der Waals surface area contributed by atoms with E-state index in [0.717, 1.165) is 0 Å². The van der Waals surface area contributed by atoms with Crippen molar-refractivity contribution in [1.82, 2.24) is 0 Å². The second-order valence-electron chi connectivity index (χ2n) is 21.9. The molecular formula is C79H68. The predicted molar refractivity (Wildman–Crippen MR) is 338 cm³/mol. The maximum absolute atomic E-state index is 2.40. The minimum Gasteiger partial charge on any atom is -0.0622 e. The van der Waals surface area contributed by atoms with Crippen molar-refractivity contribution in [3.05, 3.63) is 346 Å². The van der Waals surface area contributed by atoms with Gasteiger partial charge in [-0.15, -0.1) is 0 Å². The van der Waals surface area contributed by atoms with Crippen LogP contribution in [0.5, 0.6) is 0 Å². The molecule has 3 aliphatic carbocycles. The molecule has 0 nitrogen and oxygen atoms in total. The normalized spacial score (nSPS) is 12.7. The zero-order valence-corrected chi connectivity index (χ0v) is 46.6. The summed E-state index contributed by atoms with van der Waals surface area (Å²) in [6.07, 6.45) is 0. The molecule has 0 aromatic heterocycles. The van der Waals surface area contributed by atoms with Gasteiger partial charge in [0.25, 0.3) is 0 Å². The minimum atomic E-state index is -0.189. The lowest BCUT2D eigenvalue weighted by Gasteiger charge is -2.30. The average Bonchev–Trinajstić information content (AvgIpc) is 4.26. The Kier molecular flexibility index (Phi) is 14.8. The molecule has 1 spiro atoms. The fraction of sp³-hybridized carbons (Fsp3) is 0.114. The highest BCUT2D eigenvalue weighted by Crippen LogP contribution is 2.62. The van der Waals surface area contributed by atoms with E-state index in [4.69, 9.17) is 0 Å². The van der Waals surface area contributed by atoms with Crippen molar-refractivity contribution in [2.24, 2.45) is 0 Å². The Morgan fingerprint density at radius 1 is 0.215 bits per heavy atom. The van der Waals surface area contributed by atoms with Crippen LogP contribution in [0, 0.1) is 34.6 Å². The summed E-state index contributed by atoms with van der Waals surface area (Å²) in [5.41, 5.74) is 28.7. The first kappa shape index (κ1) is 52.0. The van der Waals surface area contributed by atoms with Crippen LogP contribution in [0.4, 0.5) is 0 Å². The lowest BCUT2D eigenvalue weighted by molar-refractivity contribution is 0.660. The van der Waals surface area contributed by atoms with Crippen LogP contribution < -0.4 is 0 Å². The Hall–Kier alpha value is -9.10. The van der Waals surface area contributed by atoms with Crippen molar-refractivity contribution >= 4 is 10.8 Å². The van der Waals surface area contributed by atoms with Crippen LogP contribution in [-0.4, -0.2) is 0 Å². The first-order valence-corrected chi connectivity index (χ1v) is 27.8. The highest BCUT2D eigenvalue weighted by atomic mass is 14.5. The third kappa shape index (κ3) is 10.2. The quantitative estimate of drug-likeness (QED) is 0.162. The molecule has 0 amide bonds. The Balaban J connectivity index is 0.000000109. The zero-order chi connectivity index (χ0) is 54.5. The maximum atomic E-state index is 2.40. The van der Waals surface area contributed by atoms with E-state index in [1.165, 1.54) is 128 Å². The summed E-state index contributed by atoms with van der Waals surface area (Å²) in [7, 11) is 0. The first-order valence-electron chi connectivity index (χ1n) is 27.8. The van der Waals surface area contributed by atoms with Crippen molar-refractivity contribution in [2.75, 3.05) is 0 Å². The molecule has 79 heavy (non-hydrogen) atoms. The molecule has 0 unspecified atom stereocenters. The number of hydrogen-bond acceptors (Lipinski definition) is 0. The van der Waals surface area contributed by atoms with E-state index in [9.17, 15) is 0 Å². The first-order chi connectivity index (χ1) is 38.5. The van der Waals surface area contributed by atoms with Gasteiger partial charge in [0, 0.05) is 5.41 Å². The van der Waals surface area contributed by atoms with Crippen LogP contribution in [0.2, 0.25) is 0 Å². The van der Waals surface area contributed by atoms with Crippen molar-refractivity contribution in [3.63, 3.8) is 0 Å². The molecule has 0 aliphatic heterocycles. The Morgan fingerprint density at radius 3 is 1.15 bits per heavy atom. The van der Waals surface area contributed by atoms with Crippen LogP contribution in [0.1, 0.15) is 75.0 Å². The predicted octanol–water partition coefficient (Wildman–Crippen LogP) is 21.1. The number of fused-ring (bicyclic) bond motifs is 14. The lowest BCUT2D eigenvalue weighted by Crippen LogP contribution is -2.25. The standard InChI is InChI=1S/C26H18.C16H16.2C13H12.C11H10/c1-17-14-15-21-20-10-4-7-13-24(20)26(25(21)16-17)22-11-5-2-8-18(22)19-9-3-6-12-23(19)26;1-11-8-9-13-12-6-4-5-7-14(12)16(2,3)15(13)10-11;1-11-7-5-6-10-13(11)12-8-3-2-4-9-12;1-11-6-5-9-13(10-11)12-7-3-2-4-8-12;1-9-6-7-10-4-2-3-5-11(10)8-9/h2-16H,1H3;4-10H,1-3H3;2*2-10H,1H3;2-8H,1H3. The molecule has 0 radical (unpaired) electrons. The minimum absolute atomic E-state index is 0.151. The summed E-state index contributed by atoms with van der Waals surface area (Å²) in [6.45, 7) is 15.4. The van der Waals surface area contributed by atoms with E-state index >= 15 is 0 Å². The van der Waals surface area contributed by atoms with Crippen LogP contribution in [0.3, 0.4) is 0 Å². The molecule has 3 aliphatic rings. The van der Waals surface area contributed by atoms with E-state index in [-0.39, 0.29) is 10.8 Å². The SMILES string of the molecule is Cc1ccc2c(c1)C(C)(C)c1ccccc1-2.Cc1ccc2c(c1)C1(c3ccccc3-c3ccccc31)c1ccccc1-2.Cc1ccc2ccccc2c1.Cc1cccc(-c2ccccc2)c1.Cc1ccccc1-c1ccccc1. The van der Waals surface area contributed by atoms with E-state index in [1.54, 1.807) is 0 Å². The Morgan fingerprint density at radius 2 is 0.595 bits per heavy atom. The fourth-order valence-corrected chi connectivity index (χ4v) is 12.3. The summed E-state index contributed by atoms with van der Waals surface area (Å²) < 4.78 is 0. The largest absolute Gasteiger partial charge is 0.0725 e. The van der Waals surface area contributed by atoms with Gasteiger partial charge in [-0.1, -0.05) is 321 Å². The van der Waals surface area contributed by atoms with Gasteiger partial charge < -0.3 is 0 Å². The monoisotopic (exact) mass is 1020 g/mol. The summed E-state index contributed by atoms with van der Waals surface area (Å²) in [5.74, 6) is 0. The van der Waals surface area contributed by atoms with Crippen LogP contribution in [-0.2, 0) is 10.8 Å². The maximum Gasteiger partial charge on any atom is 0.0725 e. The van der Waals surface area contributed by atoms with Crippen LogP contribution in [0.25, 0.3) is 66.4 Å². The number of hydrogen-bond donors (Lipinski definition) is 0. The smallest absolute Gasteiger partial charge is 0.0622 e. The van der Waals surface area contributed by atoms with Gasteiger partial charge in [-0.25, -0.2) is 0 Å². The molecular weight excluding hydrogens is 949 g/mol. The average molecular weight is 1020 g/mol. The molecule has 0 heteroatoms. The number of benzene rings is 12. The van der Waals surface area contributed by atoms with Crippen LogP contribution in [0.15, 0.2) is 285 Å². The highest BCUT2D eigenvalue weighted by molar-refractivity contribution is 5.95. The van der Waals surface area contributed by atoms with E-state index in [0.29, 0.717) is 0 Å². The van der Waals surface area contributed by atoms with Gasteiger partial charge in [0.15, 0.2) is 0 Å². The highest BCUT2D eigenvalue weighted by Gasteiger charge is 2.51. The molecule has 0 N–H and O–H groups in total. The van der Waals surface area contributed by atoms with Gasteiger partial charge in [0.05, 0.1) is 5.41 Å². The van der Waals surface area contributed by atoms with Gasteiger partial charge in [-0.2, -0.15) is 0 Å². The summed E-state index contributed by atoms with van der Waals surface area (Å²) in [4.78, 5) is 0. The summed E-state index contributed by atoms with van der Waals surface area (Å²) >= 11 is 0. The molecule has 15 rings (SSSR count). The second kappa shape index (κ2) is 22.5. The topological polar surface area (TPSA) is 0 Å². The molecule has 384 valence electrons. The molecule has 12 aromatic rings. The van der Waals surface area contributed by atoms with Crippen molar-refractivity contribution in [1.29, 1.82) is 0 Å². The molecule has 0 atom stereocenters. The molecule has 0 bridgehead atoms. The van der Waals surface area contributed by atoms with E-state index in [2.05, 4.69) is 321 Å². The van der Waals surface area contributed by atoms with Crippen molar-refractivity contribution in [3.8, 4) is 55.6 Å². The molecule has 0 saturated heterocycles. The van der Waals surface area contributed by atoms with Gasteiger partial charge in [-0.3, -0.25) is 0 Å². The third-order valence-corrected chi connectivity index (χ3v) is 16.2. The lowest BCUT2D eigenvalue weighted by atomic mass is 9.70. The van der Waals surface area contributed by atoms with Crippen molar-refractivity contribution < 1.29 is 0 Å². The van der Waals surface area contributed by atoms with Gasteiger partial charge in [0.1, 0.15) is 0 Å². The Labute approximate surface area is 469 Å². The number of rotatable bonds is 2. The van der Waals surface area contributed by atoms with E-state index < -0.39 is 0 Å². The van der Waals surface area contributed by atoms with Gasteiger partial charge in [-0.05, 0) is 140 Å². The van der Waals surface area contributed by atoms with Gasteiger partial charge >= 0.3 is 0 Å². The molecule has 0 saturated carbocycles. The Bertz CT molecular complexity index is 4030. The molecule has 0 fully saturated rings. The zero-order valence-electron chi connectivity index (χ0n) is 46.6. The third-order valence-electron chi connectivity index (χ3n) is 16.2. The molecule has 0 heterocycles. The van der Waals surface area contributed by atoms with E-state index in [1.807, 2.05) is 12.1 Å². The second-order valence-corrected chi connectivity index (χ2v) is 21.9. The summed E-state index contributed by atoms with van der Waals surface area (Å²) in [6, 6.07) is 102.